The minimum atomic E-state index is -0.953. The zero-order valence-electron chi connectivity index (χ0n) is 11.7. The van der Waals surface area contributed by atoms with E-state index in [1.165, 1.54) is 12.2 Å². The predicted molar refractivity (Wildman–Crippen MR) is 75.9 cm³/mol. The van der Waals surface area contributed by atoms with Gasteiger partial charge in [0, 0.05) is 5.39 Å². The number of nitrogens with zero attached hydrogens (tertiary/aromatic N) is 2. The number of carbonyl (C=O) groups is 1. The number of fused-ring (bicyclic) bond motifs is 3. The van der Waals surface area contributed by atoms with E-state index in [0.717, 1.165) is 22.2 Å². The largest absolute Gasteiger partial charge is 0.481 e. The minimum absolute atomic E-state index is 0.157. The molecule has 1 aromatic heterocycles. The second kappa shape index (κ2) is 4.77. The molecule has 1 N–H and O–H groups in total. The summed E-state index contributed by atoms with van der Waals surface area (Å²) in [5.41, 5.74) is 2.56. The molecule has 1 atom stereocenters. The summed E-state index contributed by atoms with van der Waals surface area (Å²) in [5.74, 6) is 1.10. The van der Waals surface area contributed by atoms with Crippen LogP contribution in [0.25, 0.3) is 16.7 Å². The first-order valence-electron chi connectivity index (χ1n) is 6.50. The van der Waals surface area contributed by atoms with E-state index >= 15 is 0 Å². The Morgan fingerprint density at radius 2 is 2.14 bits per heavy atom. The summed E-state index contributed by atoms with van der Waals surface area (Å²) in [4.78, 5) is 27.7. The lowest BCUT2D eigenvalue weighted by Gasteiger charge is -2.21. The summed E-state index contributed by atoms with van der Waals surface area (Å²) < 4.78 is 1.73. The first-order chi connectivity index (χ1) is 10.1. The molecule has 0 saturated heterocycles. The topological polar surface area (TPSA) is 71.8 Å². The van der Waals surface area contributed by atoms with Gasteiger partial charge in [-0.25, -0.2) is 9.86 Å². The van der Waals surface area contributed by atoms with Crippen molar-refractivity contribution in [2.24, 2.45) is 0 Å². The molecule has 1 unspecified atom stereocenters. The normalized spacial score (nSPS) is 17.1. The number of rotatable bonds is 3. The molecule has 108 valence electrons. The third-order valence-electron chi connectivity index (χ3n) is 3.85. The smallest absolute Gasteiger partial charge is 0.305 e. The lowest BCUT2D eigenvalue weighted by atomic mass is 10.1. The maximum atomic E-state index is 11.4. The summed E-state index contributed by atoms with van der Waals surface area (Å²) in [6, 6.07) is 7.08. The standard InChI is InChI=1S/C15H14N2O4/c1-9-10-5-3-4-6-11(10)16-13(8-18)17(21-2)12(15(9)16)7-14(19)20/h3-6,12H,7H2,1-2H3,(H,19,20). The fourth-order valence-corrected chi connectivity index (χ4v) is 3.05. The SMILES string of the molecule is CON1C(=C=O)n2c(c(C)c3ccccc32)C1CC(=O)O. The second-order valence-corrected chi connectivity index (χ2v) is 4.91. The van der Waals surface area contributed by atoms with Crippen molar-refractivity contribution in [3.63, 3.8) is 0 Å². The maximum absolute atomic E-state index is 11.4. The highest BCUT2D eigenvalue weighted by Gasteiger charge is 2.40. The lowest BCUT2D eigenvalue weighted by molar-refractivity contribution is -0.145. The number of para-hydroxylation sites is 1. The first kappa shape index (κ1) is 13.4. The van der Waals surface area contributed by atoms with Gasteiger partial charge in [-0.3, -0.25) is 14.2 Å². The van der Waals surface area contributed by atoms with Crippen molar-refractivity contribution in [2.45, 2.75) is 19.4 Å². The van der Waals surface area contributed by atoms with Crippen LogP contribution in [-0.4, -0.2) is 33.8 Å². The number of carbonyl (C=O) groups excluding carboxylic acids is 1. The van der Waals surface area contributed by atoms with E-state index < -0.39 is 12.0 Å². The molecule has 3 rings (SSSR count). The maximum Gasteiger partial charge on any atom is 0.305 e. The molecule has 1 aliphatic rings. The van der Waals surface area contributed by atoms with Crippen molar-refractivity contribution < 1.29 is 19.5 Å². The molecule has 1 aliphatic heterocycles. The summed E-state index contributed by atoms with van der Waals surface area (Å²) in [5, 5.41) is 11.4. The van der Waals surface area contributed by atoms with Gasteiger partial charge in [-0.05, 0) is 18.6 Å². The molecule has 0 aliphatic carbocycles. The van der Waals surface area contributed by atoms with Crippen LogP contribution < -0.4 is 0 Å². The van der Waals surface area contributed by atoms with Crippen LogP contribution in [0.1, 0.15) is 23.7 Å². The Bertz CT molecular complexity index is 786. The van der Waals surface area contributed by atoms with Gasteiger partial charge in [0.15, 0.2) is 5.94 Å². The van der Waals surface area contributed by atoms with Crippen molar-refractivity contribution in [3.8, 4) is 0 Å². The minimum Gasteiger partial charge on any atom is -0.481 e. The number of carboxylic acid groups (broad SMARTS) is 1. The van der Waals surface area contributed by atoms with Crippen LogP contribution in [0.2, 0.25) is 0 Å². The Labute approximate surface area is 120 Å². The number of aliphatic carboxylic acids is 1. The Kier molecular flexibility index (Phi) is 3.05. The molecular weight excluding hydrogens is 272 g/mol. The van der Waals surface area contributed by atoms with Gasteiger partial charge < -0.3 is 5.11 Å². The fourth-order valence-electron chi connectivity index (χ4n) is 3.05. The zero-order chi connectivity index (χ0) is 15.1. The molecule has 0 amide bonds. The molecule has 0 radical (unpaired) electrons. The molecule has 0 saturated carbocycles. The molecule has 0 fully saturated rings. The van der Waals surface area contributed by atoms with Gasteiger partial charge >= 0.3 is 5.97 Å². The summed E-state index contributed by atoms with van der Waals surface area (Å²) in [6.45, 7) is 1.92. The van der Waals surface area contributed by atoms with Crippen molar-refractivity contribution in [2.75, 3.05) is 7.11 Å². The predicted octanol–water partition coefficient (Wildman–Crippen LogP) is 1.97. The van der Waals surface area contributed by atoms with E-state index in [1.54, 1.807) is 4.57 Å². The zero-order valence-corrected chi connectivity index (χ0v) is 11.7. The number of benzene rings is 1. The third kappa shape index (κ3) is 1.77. The van der Waals surface area contributed by atoms with Crippen LogP contribution in [0.4, 0.5) is 0 Å². The second-order valence-electron chi connectivity index (χ2n) is 4.91. The van der Waals surface area contributed by atoms with Gasteiger partial charge in [-0.15, -0.1) is 0 Å². The van der Waals surface area contributed by atoms with Gasteiger partial charge in [0.2, 0.25) is 5.82 Å². The van der Waals surface area contributed by atoms with E-state index in [-0.39, 0.29) is 12.2 Å². The van der Waals surface area contributed by atoms with E-state index in [1.807, 2.05) is 37.1 Å². The van der Waals surface area contributed by atoms with Crippen molar-refractivity contribution in [1.29, 1.82) is 0 Å². The van der Waals surface area contributed by atoms with Gasteiger partial charge in [0.05, 0.1) is 24.7 Å². The van der Waals surface area contributed by atoms with E-state index in [4.69, 9.17) is 9.94 Å². The monoisotopic (exact) mass is 286 g/mol. The Hall–Kier alpha value is -2.56. The Morgan fingerprint density at radius 1 is 1.43 bits per heavy atom. The van der Waals surface area contributed by atoms with Crippen LogP contribution in [0.5, 0.6) is 0 Å². The lowest BCUT2D eigenvalue weighted by Crippen LogP contribution is -2.23. The first-order valence-corrected chi connectivity index (χ1v) is 6.50. The van der Waals surface area contributed by atoms with Gasteiger partial charge in [0.25, 0.3) is 0 Å². The number of hydrogen-bond acceptors (Lipinski definition) is 4. The van der Waals surface area contributed by atoms with Gasteiger partial charge in [-0.1, -0.05) is 18.2 Å². The molecular formula is C15H14N2O4. The van der Waals surface area contributed by atoms with Crippen molar-refractivity contribution in [3.05, 3.63) is 35.5 Å². The molecule has 0 spiro atoms. The molecule has 0 bridgehead atoms. The highest BCUT2D eigenvalue weighted by Crippen LogP contribution is 2.43. The summed E-state index contributed by atoms with van der Waals surface area (Å²) >= 11 is 0. The average molecular weight is 286 g/mol. The highest BCUT2D eigenvalue weighted by atomic mass is 16.7. The highest BCUT2D eigenvalue weighted by molar-refractivity contribution is 5.93. The van der Waals surface area contributed by atoms with Crippen LogP contribution in [0.3, 0.4) is 0 Å². The molecule has 1 aromatic carbocycles. The van der Waals surface area contributed by atoms with Crippen LogP contribution in [-0.2, 0) is 14.4 Å². The number of carboxylic acids is 1. The van der Waals surface area contributed by atoms with Crippen LogP contribution in [0, 0.1) is 6.92 Å². The number of aryl methyl sites for hydroxylation is 1. The van der Waals surface area contributed by atoms with E-state index in [9.17, 15) is 9.59 Å². The molecule has 2 heterocycles. The van der Waals surface area contributed by atoms with Crippen LogP contribution in [0.15, 0.2) is 24.3 Å². The van der Waals surface area contributed by atoms with E-state index in [2.05, 4.69) is 0 Å². The Balaban J connectivity index is 2.33. The number of hydroxylamine groups is 2. The summed E-state index contributed by atoms with van der Waals surface area (Å²) in [6.07, 6.45) is -0.157. The van der Waals surface area contributed by atoms with Gasteiger partial charge in [-0.2, -0.15) is 0 Å². The van der Waals surface area contributed by atoms with Crippen molar-refractivity contribution >= 4 is 28.6 Å². The van der Waals surface area contributed by atoms with E-state index in [0.29, 0.717) is 0 Å². The third-order valence-corrected chi connectivity index (χ3v) is 3.85. The summed E-state index contributed by atoms with van der Waals surface area (Å²) in [7, 11) is 1.41. The average Bonchev–Trinajstić information content (AvgIpc) is 2.93. The molecule has 6 heteroatoms. The molecule has 6 nitrogen and oxygen atoms in total. The molecule has 21 heavy (non-hydrogen) atoms. The Morgan fingerprint density at radius 3 is 2.76 bits per heavy atom. The number of aromatic nitrogens is 1. The quantitative estimate of drug-likeness (QED) is 0.873. The fraction of sp³-hybridized carbons (Fsp3) is 0.267. The van der Waals surface area contributed by atoms with Crippen LogP contribution >= 0.6 is 0 Å². The van der Waals surface area contributed by atoms with Gasteiger partial charge in [0.1, 0.15) is 6.04 Å². The molecule has 2 aromatic rings. The number of hydrogen-bond donors (Lipinski definition) is 1. The van der Waals surface area contributed by atoms with Crippen molar-refractivity contribution in [1.82, 2.24) is 9.63 Å².